The summed E-state index contributed by atoms with van der Waals surface area (Å²) in [7, 11) is 0. The molecule has 0 saturated carbocycles. The van der Waals surface area contributed by atoms with Gasteiger partial charge in [-0.05, 0) is 61.4 Å². The summed E-state index contributed by atoms with van der Waals surface area (Å²) in [4.78, 5) is 23.4. The maximum absolute atomic E-state index is 13.2. The fraction of sp³-hybridized carbons (Fsp3) is 0.227. The van der Waals surface area contributed by atoms with E-state index in [1.807, 2.05) is 30.3 Å². The number of nitrogens with one attached hydrogen (secondary N) is 1. The Bertz CT molecular complexity index is 986. The molecule has 1 amide bonds. The fourth-order valence-corrected chi connectivity index (χ4v) is 3.71. The predicted molar refractivity (Wildman–Crippen MR) is 115 cm³/mol. The minimum Gasteiger partial charge on any atom is -0.356 e. The molecule has 1 aromatic heterocycles. The van der Waals surface area contributed by atoms with Crippen molar-refractivity contribution in [2.45, 2.75) is 12.8 Å². The van der Waals surface area contributed by atoms with Crippen LogP contribution in [0.1, 0.15) is 12.8 Å². The summed E-state index contributed by atoms with van der Waals surface area (Å²) >= 11 is 3.39. The van der Waals surface area contributed by atoms with Crippen molar-refractivity contribution >= 4 is 33.3 Å². The van der Waals surface area contributed by atoms with Crippen molar-refractivity contribution in [3.63, 3.8) is 0 Å². The molecule has 0 bridgehead atoms. The number of carbonyl (C=O) groups is 1. The van der Waals surface area contributed by atoms with E-state index in [1.165, 1.54) is 18.5 Å². The Morgan fingerprint density at radius 3 is 2.41 bits per heavy atom. The van der Waals surface area contributed by atoms with Gasteiger partial charge in [-0.2, -0.15) is 0 Å². The van der Waals surface area contributed by atoms with E-state index >= 15 is 0 Å². The van der Waals surface area contributed by atoms with Crippen LogP contribution in [0.2, 0.25) is 0 Å². The van der Waals surface area contributed by atoms with Crippen LogP contribution < -0.4 is 10.2 Å². The Kier molecular flexibility index (Phi) is 5.85. The third kappa shape index (κ3) is 4.79. The summed E-state index contributed by atoms with van der Waals surface area (Å²) in [5, 5.41) is 2.99. The number of nitrogens with zero attached hydrogens (tertiary/aromatic N) is 3. The van der Waals surface area contributed by atoms with Gasteiger partial charge in [0.2, 0.25) is 5.91 Å². The average Bonchev–Trinajstić information content (AvgIpc) is 2.76. The summed E-state index contributed by atoms with van der Waals surface area (Å²) in [6.07, 6.45) is 3.05. The van der Waals surface area contributed by atoms with E-state index in [2.05, 4.69) is 36.1 Å². The molecular weight excluding hydrogens is 435 g/mol. The Hall–Kier alpha value is -2.80. The van der Waals surface area contributed by atoms with Gasteiger partial charge in [0.1, 0.15) is 18.0 Å². The van der Waals surface area contributed by atoms with Gasteiger partial charge in [-0.3, -0.25) is 4.79 Å². The van der Waals surface area contributed by atoms with Gasteiger partial charge < -0.3 is 10.2 Å². The van der Waals surface area contributed by atoms with Crippen molar-refractivity contribution in [3.8, 4) is 11.3 Å². The number of carbonyl (C=O) groups excluding carboxylic acids is 1. The number of hydrogen-bond donors (Lipinski definition) is 1. The predicted octanol–water partition coefficient (Wildman–Crippen LogP) is 4.90. The lowest BCUT2D eigenvalue weighted by atomic mass is 9.95. The van der Waals surface area contributed by atoms with Gasteiger partial charge in [0.05, 0.1) is 5.69 Å². The highest BCUT2D eigenvalue weighted by atomic mass is 79.9. The highest BCUT2D eigenvalue weighted by molar-refractivity contribution is 9.10. The van der Waals surface area contributed by atoms with Gasteiger partial charge in [-0.25, -0.2) is 14.4 Å². The molecule has 5 nitrogen and oxygen atoms in total. The van der Waals surface area contributed by atoms with Crippen molar-refractivity contribution < 1.29 is 9.18 Å². The van der Waals surface area contributed by atoms with Gasteiger partial charge in [0.25, 0.3) is 0 Å². The maximum atomic E-state index is 13.2. The minimum atomic E-state index is -0.272. The highest BCUT2D eigenvalue weighted by Crippen LogP contribution is 2.26. The van der Waals surface area contributed by atoms with Crippen LogP contribution in [-0.4, -0.2) is 29.0 Å². The van der Waals surface area contributed by atoms with Crippen LogP contribution in [-0.2, 0) is 4.79 Å². The third-order valence-electron chi connectivity index (χ3n) is 5.09. The lowest BCUT2D eigenvalue weighted by molar-refractivity contribution is -0.120. The number of anilines is 2. The van der Waals surface area contributed by atoms with Crippen molar-refractivity contribution in [1.82, 2.24) is 9.97 Å². The van der Waals surface area contributed by atoms with Gasteiger partial charge in [-0.15, -0.1) is 0 Å². The molecular formula is C22H20BrFN4O. The van der Waals surface area contributed by atoms with E-state index in [1.54, 1.807) is 12.1 Å². The van der Waals surface area contributed by atoms with Gasteiger partial charge in [0.15, 0.2) is 0 Å². The van der Waals surface area contributed by atoms with Crippen molar-refractivity contribution in [2.24, 2.45) is 5.92 Å². The van der Waals surface area contributed by atoms with Crippen LogP contribution in [0.4, 0.5) is 15.9 Å². The molecule has 1 aliphatic heterocycles. The second kappa shape index (κ2) is 8.69. The van der Waals surface area contributed by atoms with Crippen molar-refractivity contribution in [1.29, 1.82) is 0 Å². The van der Waals surface area contributed by atoms with Gasteiger partial charge in [0, 0.05) is 40.8 Å². The van der Waals surface area contributed by atoms with E-state index in [4.69, 9.17) is 0 Å². The SMILES string of the molecule is O=C(Nc1ccc(Br)cc1)C1CCN(c2cc(-c3ccc(F)cc3)ncn2)CC1. The second-order valence-corrected chi connectivity index (χ2v) is 7.94. The third-order valence-corrected chi connectivity index (χ3v) is 5.62. The van der Waals surface area contributed by atoms with E-state index in [0.717, 1.165) is 53.2 Å². The van der Waals surface area contributed by atoms with Crippen LogP contribution in [0.3, 0.4) is 0 Å². The number of rotatable bonds is 4. The summed E-state index contributed by atoms with van der Waals surface area (Å²) in [5.74, 6) is 0.590. The number of benzene rings is 2. The molecule has 1 N–H and O–H groups in total. The Morgan fingerprint density at radius 1 is 1.03 bits per heavy atom. The Labute approximate surface area is 177 Å². The quantitative estimate of drug-likeness (QED) is 0.608. The summed E-state index contributed by atoms with van der Waals surface area (Å²) < 4.78 is 14.1. The van der Waals surface area contributed by atoms with Crippen LogP contribution in [0.25, 0.3) is 11.3 Å². The molecule has 7 heteroatoms. The second-order valence-electron chi connectivity index (χ2n) is 7.03. The highest BCUT2D eigenvalue weighted by Gasteiger charge is 2.26. The first-order valence-electron chi connectivity index (χ1n) is 9.48. The number of halogens is 2. The molecule has 2 aromatic carbocycles. The van der Waals surface area contributed by atoms with E-state index in [0.29, 0.717) is 0 Å². The number of amides is 1. The van der Waals surface area contributed by atoms with E-state index < -0.39 is 0 Å². The molecule has 3 aromatic rings. The average molecular weight is 455 g/mol. The van der Waals surface area contributed by atoms with Crippen LogP contribution in [0.15, 0.2) is 65.4 Å². The number of hydrogen-bond acceptors (Lipinski definition) is 4. The van der Waals surface area contributed by atoms with E-state index in [-0.39, 0.29) is 17.6 Å². The monoisotopic (exact) mass is 454 g/mol. The standard InChI is InChI=1S/C22H20BrFN4O/c23-17-3-7-19(8-4-17)27-22(29)16-9-11-28(12-10-16)21-13-20(25-14-26-21)15-1-5-18(24)6-2-15/h1-8,13-14,16H,9-12H2,(H,27,29). The van der Waals surface area contributed by atoms with Crippen LogP contribution >= 0.6 is 15.9 Å². The van der Waals surface area contributed by atoms with Crippen molar-refractivity contribution in [2.75, 3.05) is 23.3 Å². The zero-order chi connectivity index (χ0) is 20.2. The normalized spacial score (nSPS) is 14.6. The molecule has 0 aliphatic carbocycles. The molecule has 0 radical (unpaired) electrons. The number of piperidine rings is 1. The van der Waals surface area contributed by atoms with Crippen molar-refractivity contribution in [3.05, 3.63) is 71.2 Å². The van der Waals surface area contributed by atoms with Crippen LogP contribution in [0, 0.1) is 11.7 Å². The Morgan fingerprint density at radius 2 is 1.72 bits per heavy atom. The smallest absolute Gasteiger partial charge is 0.227 e. The van der Waals surface area contributed by atoms with Gasteiger partial charge in [-0.1, -0.05) is 15.9 Å². The topological polar surface area (TPSA) is 58.1 Å². The largest absolute Gasteiger partial charge is 0.356 e. The van der Waals surface area contributed by atoms with Crippen LogP contribution in [0.5, 0.6) is 0 Å². The molecule has 148 valence electrons. The molecule has 1 fully saturated rings. The first-order valence-corrected chi connectivity index (χ1v) is 10.3. The zero-order valence-corrected chi connectivity index (χ0v) is 17.3. The lowest BCUT2D eigenvalue weighted by Crippen LogP contribution is -2.38. The first kappa shape index (κ1) is 19.5. The maximum Gasteiger partial charge on any atom is 0.227 e. The molecule has 1 saturated heterocycles. The zero-order valence-electron chi connectivity index (χ0n) is 15.7. The number of aromatic nitrogens is 2. The lowest BCUT2D eigenvalue weighted by Gasteiger charge is -2.32. The molecule has 1 aliphatic rings. The molecule has 2 heterocycles. The Balaban J connectivity index is 1.38. The molecule has 0 unspecified atom stereocenters. The summed E-state index contributed by atoms with van der Waals surface area (Å²) in [6.45, 7) is 1.50. The molecule has 0 atom stereocenters. The van der Waals surface area contributed by atoms with E-state index in [9.17, 15) is 9.18 Å². The first-order chi connectivity index (χ1) is 14.1. The molecule has 29 heavy (non-hydrogen) atoms. The fourth-order valence-electron chi connectivity index (χ4n) is 3.45. The summed E-state index contributed by atoms with van der Waals surface area (Å²) in [6, 6.07) is 15.8. The molecule has 4 rings (SSSR count). The molecule has 0 spiro atoms. The summed E-state index contributed by atoms with van der Waals surface area (Å²) in [5.41, 5.74) is 2.41. The van der Waals surface area contributed by atoms with Gasteiger partial charge >= 0.3 is 0 Å². The minimum absolute atomic E-state index is 0.0201.